The quantitative estimate of drug-likeness (QED) is 0.568. The molecule has 0 aromatic heterocycles. The van der Waals surface area contributed by atoms with Gasteiger partial charge in [-0.3, -0.25) is 9.59 Å². The zero-order valence-electron chi connectivity index (χ0n) is 16.5. The zero-order chi connectivity index (χ0) is 22.1. The average molecular weight is 422 g/mol. The molecule has 3 aromatic rings. The summed E-state index contributed by atoms with van der Waals surface area (Å²) in [6.45, 7) is 0.325. The van der Waals surface area contributed by atoms with E-state index in [1.54, 1.807) is 11.9 Å². The van der Waals surface area contributed by atoms with Gasteiger partial charge in [-0.15, -0.1) is 0 Å². The number of hydrogen-bond acceptors (Lipinski definition) is 3. The van der Waals surface area contributed by atoms with Gasteiger partial charge in [-0.05, 0) is 35.4 Å². The molecule has 0 N–H and O–H groups in total. The lowest BCUT2D eigenvalue weighted by molar-refractivity contribution is -0.120. The van der Waals surface area contributed by atoms with E-state index in [0.717, 1.165) is 28.7 Å². The van der Waals surface area contributed by atoms with Crippen molar-refractivity contribution in [2.75, 3.05) is 11.9 Å². The fraction of sp³-hybridized carbons (Fsp3) is 0.0833. The van der Waals surface area contributed by atoms with Gasteiger partial charge in [0.25, 0.3) is 11.8 Å². The first kappa shape index (κ1) is 20.4. The molecule has 0 saturated carbocycles. The van der Waals surface area contributed by atoms with Gasteiger partial charge in [0.1, 0.15) is 11.5 Å². The van der Waals surface area contributed by atoms with Crippen molar-refractivity contribution in [3.8, 4) is 0 Å². The minimum atomic E-state index is -1.17. The van der Waals surface area contributed by atoms with E-state index in [4.69, 9.17) is 0 Å². The van der Waals surface area contributed by atoms with Gasteiger partial charge in [0, 0.05) is 19.7 Å². The number of hydrogen-bond donors (Lipinski definition) is 0. The van der Waals surface area contributed by atoms with Crippen molar-refractivity contribution in [1.82, 2.24) is 4.90 Å². The molecule has 0 atom stereocenters. The number of amides is 2. The average Bonchev–Trinajstić information content (AvgIpc) is 3.02. The first-order chi connectivity index (χ1) is 14.9. The summed E-state index contributed by atoms with van der Waals surface area (Å²) >= 11 is 0. The lowest BCUT2D eigenvalue weighted by Crippen LogP contribution is -2.34. The molecule has 0 unspecified atom stereocenters. The van der Waals surface area contributed by atoms with Crippen molar-refractivity contribution in [3.63, 3.8) is 0 Å². The van der Waals surface area contributed by atoms with Crippen LogP contribution in [0, 0.1) is 17.5 Å². The molecular weight excluding hydrogens is 405 g/mol. The smallest absolute Gasteiger partial charge is 0.282 e. The number of benzene rings is 3. The van der Waals surface area contributed by atoms with E-state index in [1.165, 1.54) is 24.3 Å². The van der Waals surface area contributed by atoms with Gasteiger partial charge in [0.05, 0.1) is 11.3 Å². The van der Waals surface area contributed by atoms with Crippen LogP contribution in [0.5, 0.6) is 0 Å². The molecule has 1 heterocycles. The second kappa shape index (κ2) is 8.10. The number of likely N-dealkylation sites (N-methyl/N-ethyl adjacent to an activating group) is 1. The summed E-state index contributed by atoms with van der Waals surface area (Å²) in [5.41, 5.74) is 1.32. The van der Waals surface area contributed by atoms with E-state index in [2.05, 4.69) is 0 Å². The third-order valence-corrected chi connectivity index (χ3v) is 5.00. The number of nitrogens with zero attached hydrogens (tertiary/aromatic N) is 2. The predicted molar refractivity (Wildman–Crippen MR) is 110 cm³/mol. The van der Waals surface area contributed by atoms with Gasteiger partial charge in [-0.25, -0.2) is 18.1 Å². The molecule has 0 fully saturated rings. The molecule has 0 aliphatic carbocycles. The number of halogens is 3. The van der Waals surface area contributed by atoms with Gasteiger partial charge in [0.15, 0.2) is 11.6 Å². The Labute approximate surface area is 176 Å². The highest BCUT2D eigenvalue weighted by Crippen LogP contribution is 2.35. The van der Waals surface area contributed by atoms with E-state index in [-0.39, 0.29) is 17.0 Å². The van der Waals surface area contributed by atoms with Crippen LogP contribution in [0.2, 0.25) is 0 Å². The molecule has 0 spiro atoms. The van der Waals surface area contributed by atoms with Gasteiger partial charge in [0.2, 0.25) is 0 Å². The molecule has 156 valence electrons. The lowest BCUT2D eigenvalue weighted by Gasteiger charge is -2.21. The Morgan fingerprint density at radius 2 is 1.48 bits per heavy atom. The molecule has 31 heavy (non-hydrogen) atoms. The van der Waals surface area contributed by atoms with Crippen LogP contribution in [0.4, 0.5) is 18.9 Å². The van der Waals surface area contributed by atoms with Crippen LogP contribution < -0.4 is 4.90 Å². The number of anilines is 1. The Hall–Kier alpha value is -3.87. The van der Waals surface area contributed by atoms with Crippen LogP contribution in [0.1, 0.15) is 11.1 Å². The van der Waals surface area contributed by atoms with E-state index < -0.39 is 29.3 Å². The van der Waals surface area contributed by atoms with Crippen LogP contribution in [-0.2, 0) is 16.1 Å². The highest BCUT2D eigenvalue weighted by Gasteiger charge is 2.42. The first-order valence-corrected chi connectivity index (χ1v) is 9.46. The third kappa shape index (κ3) is 3.82. The number of imide groups is 1. The molecule has 0 bridgehead atoms. The van der Waals surface area contributed by atoms with Crippen molar-refractivity contribution >= 4 is 23.1 Å². The van der Waals surface area contributed by atoms with E-state index in [9.17, 15) is 22.8 Å². The zero-order valence-corrected chi connectivity index (χ0v) is 16.5. The summed E-state index contributed by atoms with van der Waals surface area (Å²) in [6, 6.07) is 17.3. The monoisotopic (exact) mass is 422 g/mol. The minimum absolute atomic E-state index is 0.0631. The van der Waals surface area contributed by atoms with Gasteiger partial charge < -0.3 is 4.90 Å². The van der Waals surface area contributed by atoms with E-state index in [0.29, 0.717) is 12.1 Å². The predicted octanol–water partition coefficient (Wildman–Crippen LogP) is 4.52. The summed E-state index contributed by atoms with van der Waals surface area (Å²) in [5, 5.41) is 0. The summed E-state index contributed by atoms with van der Waals surface area (Å²) in [4.78, 5) is 29.0. The maximum absolute atomic E-state index is 13.8. The number of carbonyl (C=O) groups excluding carboxylic acids is 2. The van der Waals surface area contributed by atoms with Crippen LogP contribution in [0.25, 0.3) is 5.57 Å². The largest absolute Gasteiger partial charge is 0.365 e. The van der Waals surface area contributed by atoms with Gasteiger partial charge in [-0.2, -0.15) is 0 Å². The topological polar surface area (TPSA) is 40.6 Å². The number of carbonyl (C=O) groups is 2. The summed E-state index contributed by atoms with van der Waals surface area (Å²) in [5.74, 6) is -4.12. The molecule has 4 rings (SSSR count). The Morgan fingerprint density at radius 3 is 2.13 bits per heavy atom. The van der Waals surface area contributed by atoms with Gasteiger partial charge >= 0.3 is 0 Å². The molecule has 1 aliphatic rings. The summed E-state index contributed by atoms with van der Waals surface area (Å²) in [6.07, 6.45) is 0. The molecule has 4 nitrogen and oxygen atoms in total. The fourth-order valence-corrected chi connectivity index (χ4v) is 3.54. The first-order valence-electron chi connectivity index (χ1n) is 9.46. The highest BCUT2D eigenvalue weighted by atomic mass is 19.2. The molecule has 0 radical (unpaired) electrons. The molecule has 3 aromatic carbocycles. The Morgan fingerprint density at radius 1 is 0.806 bits per heavy atom. The van der Waals surface area contributed by atoms with Crippen molar-refractivity contribution in [2.24, 2.45) is 0 Å². The molecule has 1 aliphatic heterocycles. The van der Waals surface area contributed by atoms with Crippen molar-refractivity contribution in [3.05, 3.63) is 107 Å². The van der Waals surface area contributed by atoms with Gasteiger partial charge in [-0.1, -0.05) is 42.5 Å². The second-order valence-electron chi connectivity index (χ2n) is 7.12. The number of rotatable bonds is 5. The van der Waals surface area contributed by atoms with E-state index in [1.807, 2.05) is 30.3 Å². The van der Waals surface area contributed by atoms with Crippen LogP contribution in [-0.4, -0.2) is 23.8 Å². The molecule has 0 saturated heterocycles. The highest BCUT2D eigenvalue weighted by molar-refractivity contribution is 6.45. The maximum atomic E-state index is 13.8. The SMILES string of the molecule is CN(Cc1ccccc1)C1=C(c2ccc(F)cc2)C(=O)N(c2ccc(F)c(F)c2)C1=O. The molecule has 2 amide bonds. The maximum Gasteiger partial charge on any atom is 0.282 e. The van der Waals surface area contributed by atoms with Crippen LogP contribution in [0.3, 0.4) is 0 Å². The minimum Gasteiger partial charge on any atom is -0.365 e. The van der Waals surface area contributed by atoms with E-state index >= 15 is 0 Å². The molecule has 7 heteroatoms. The normalized spacial score (nSPS) is 13.9. The molecular formula is C24H17F3N2O2. The fourth-order valence-electron chi connectivity index (χ4n) is 3.54. The summed E-state index contributed by atoms with van der Waals surface area (Å²) < 4.78 is 40.6. The lowest BCUT2D eigenvalue weighted by atomic mass is 10.0. The third-order valence-electron chi connectivity index (χ3n) is 5.00. The summed E-state index contributed by atoms with van der Waals surface area (Å²) in [7, 11) is 1.66. The Bertz CT molecular complexity index is 1190. The van der Waals surface area contributed by atoms with Crippen LogP contribution in [0.15, 0.2) is 78.5 Å². The Kier molecular flexibility index (Phi) is 5.33. The second-order valence-corrected chi connectivity index (χ2v) is 7.12. The van der Waals surface area contributed by atoms with Crippen LogP contribution >= 0.6 is 0 Å². The van der Waals surface area contributed by atoms with Crippen molar-refractivity contribution in [1.29, 1.82) is 0 Å². The van der Waals surface area contributed by atoms with Crippen molar-refractivity contribution in [2.45, 2.75) is 6.54 Å². The standard InChI is InChI=1S/C24H17F3N2O2/c1-28(14-15-5-3-2-4-6-15)22-21(16-7-9-17(25)10-8-16)23(30)29(24(22)31)18-11-12-19(26)20(27)13-18/h2-13H,14H2,1H3. The van der Waals surface area contributed by atoms with Crippen molar-refractivity contribution < 1.29 is 22.8 Å². The Balaban J connectivity index is 1.80.